The number of hydrogen-bond donors (Lipinski definition) is 1. The predicted molar refractivity (Wildman–Crippen MR) is 69.7 cm³/mol. The molecule has 90 valence electrons. The highest BCUT2D eigenvalue weighted by Gasteiger charge is 2.22. The Kier molecular flexibility index (Phi) is 2.85. The molecule has 1 aliphatic rings. The lowest BCUT2D eigenvalue weighted by Gasteiger charge is -2.19. The topological polar surface area (TPSA) is 43.8 Å². The minimum absolute atomic E-state index is 0.273. The first-order valence-corrected chi connectivity index (χ1v) is 6.50. The number of imidazole rings is 1. The third-order valence-corrected chi connectivity index (χ3v) is 3.94. The third-order valence-electron chi connectivity index (χ3n) is 3.94. The maximum Gasteiger partial charge on any atom is 0.0958 e. The molecule has 3 heteroatoms. The summed E-state index contributed by atoms with van der Waals surface area (Å²) in [5, 5.41) is 0. The fourth-order valence-corrected chi connectivity index (χ4v) is 2.92. The molecule has 2 aromatic rings. The van der Waals surface area contributed by atoms with E-state index in [0.717, 1.165) is 12.1 Å². The molecule has 3 nitrogen and oxygen atoms in total. The zero-order valence-corrected chi connectivity index (χ0v) is 10.0. The molecule has 1 aromatic carbocycles. The standard InChI is InChI=1S/C14H19N3/c15-12(11-5-1-2-6-11)9-17-10-16-13-7-3-4-8-14(13)17/h3-4,7-8,10-12H,1-2,5-6,9,15H2. The third kappa shape index (κ3) is 2.07. The second-order valence-electron chi connectivity index (χ2n) is 5.09. The summed E-state index contributed by atoms with van der Waals surface area (Å²) in [5.74, 6) is 0.705. The normalized spacial score (nSPS) is 18.9. The van der Waals surface area contributed by atoms with Crippen molar-refractivity contribution in [2.75, 3.05) is 0 Å². The van der Waals surface area contributed by atoms with Crippen LogP contribution in [0.4, 0.5) is 0 Å². The van der Waals surface area contributed by atoms with Gasteiger partial charge in [-0.1, -0.05) is 25.0 Å². The fraction of sp³-hybridized carbons (Fsp3) is 0.500. The van der Waals surface area contributed by atoms with Gasteiger partial charge in [0, 0.05) is 12.6 Å². The van der Waals surface area contributed by atoms with Crippen LogP contribution < -0.4 is 5.73 Å². The Balaban J connectivity index is 1.80. The average molecular weight is 229 g/mol. The largest absolute Gasteiger partial charge is 0.329 e. The van der Waals surface area contributed by atoms with E-state index in [1.807, 2.05) is 18.5 Å². The van der Waals surface area contributed by atoms with Crippen LogP contribution in [0.3, 0.4) is 0 Å². The van der Waals surface area contributed by atoms with Gasteiger partial charge in [0.2, 0.25) is 0 Å². The van der Waals surface area contributed by atoms with E-state index in [9.17, 15) is 0 Å². The minimum atomic E-state index is 0.273. The van der Waals surface area contributed by atoms with Gasteiger partial charge in [-0.05, 0) is 30.9 Å². The summed E-state index contributed by atoms with van der Waals surface area (Å²) in [7, 11) is 0. The van der Waals surface area contributed by atoms with Gasteiger partial charge in [-0.3, -0.25) is 0 Å². The van der Waals surface area contributed by atoms with Gasteiger partial charge in [-0.25, -0.2) is 4.98 Å². The number of nitrogens with two attached hydrogens (primary N) is 1. The molecular formula is C14H19N3. The lowest BCUT2D eigenvalue weighted by Crippen LogP contribution is -2.32. The number of hydrogen-bond acceptors (Lipinski definition) is 2. The monoisotopic (exact) mass is 229 g/mol. The van der Waals surface area contributed by atoms with Crippen molar-refractivity contribution in [3.63, 3.8) is 0 Å². The first-order chi connectivity index (χ1) is 8.34. The smallest absolute Gasteiger partial charge is 0.0958 e. The van der Waals surface area contributed by atoms with E-state index in [1.54, 1.807) is 0 Å². The minimum Gasteiger partial charge on any atom is -0.329 e. The second-order valence-corrected chi connectivity index (χ2v) is 5.09. The van der Waals surface area contributed by atoms with Crippen molar-refractivity contribution in [3.8, 4) is 0 Å². The number of nitrogens with zero attached hydrogens (tertiary/aromatic N) is 2. The Bertz CT molecular complexity index is 497. The quantitative estimate of drug-likeness (QED) is 0.879. The van der Waals surface area contributed by atoms with Crippen LogP contribution in [0.1, 0.15) is 25.7 Å². The number of aromatic nitrogens is 2. The molecular weight excluding hydrogens is 210 g/mol. The van der Waals surface area contributed by atoms with Crippen molar-refractivity contribution in [1.29, 1.82) is 0 Å². The Labute approximate surface area is 102 Å². The SMILES string of the molecule is NC(Cn1cnc2ccccc21)C1CCCC1. The van der Waals surface area contributed by atoms with Crippen LogP contribution in [-0.2, 0) is 6.54 Å². The van der Waals surface area contributed by atoms with Crippen molar-refractivity contribution < 1.29 is 0 Å². The molecule has 1 aromatic heterocycles. The molecule has 0 saturated heterocycles. The summed E-state index contributed by atoms with van der Waals surface area (Å²) < 4.78 is 2.19. The highest BCUT2D eigenvalue weighted by Crippen LogP contribution is 2.27. The summed E-state index contributed by atoms with van der Waals surface area (Å²) in [4.78, 5) is 4.41. The first-order valence-electron chi connectivity index (χ1n) is 6.50. The summed E-state index contributed by atoms with van der Waals surface area (Å²) in [6.07, 6.45) is 7.22. The molecule has 3 rings (SSSR count). The van der Waals surface area contributed by atoms with Gasteiger partial charge in [-0.2, -0.15) is 0 Å². The van der Waals surface area contributed by atoms with Crippen molar-refractivity contribution in [3.05, 3.63) is 30.6 Å². The van der Waals surface area contributed by atoms with Crippen LogP contribution in [0.5, 0.6) is 0 Å². The number of fused-ring (bicyclic) bond motifs is 1. The summed E-state index contributed by atoms with van der Waals surface area (Å²) in [6.45, 7) is 0.894. The molecule has 1 heterocycles. The predicted octanol–water partition coefficient (Wildman–Crippen LogP) is 2.55. The van der Waals surface area contributed by atoms with Crippen LogP contribution in [-0.4, -0.2) is 15.6 Å². The lowest BCUT2D eigenvalue weighted by molar-refractivity contribution is 0.391. The number of benzene rings is 1. The van der Waals surface area contributed by atoms with E-state index < -0.39 is 0 Å². The van der Waals surface area contributed by atoms with Crippen molar-refractivity contribution in [2.45, 2.75) is 38.3 Å². The van der Waals surface area contributed by atoms with E-state index in [-0.39, 0.29) is 6.04 Å². The molecule has 17 heavy (non-hydrogen) atoms. The van der Waals surface area contributed by atoms with Crippen LogP contribution >= 0.6 is 0 Å². The maximum atomic E-state index is 6.31. The van der Waals surface area contributed by atoms with Crippen molar-refractivity contribution in [1.82, 2.24) is 9.55 Å². The van der Waals surface area contributed by atoms with Crippen LogP contribution in [0.15, 0.2) is 30.6 Å². The van der Waals surface area contributed by atoms with Crippen molar-refractivity contribution >= 4 is 11.0 Å². The second kappa shape index (κ2) is 4.49. The molecule has 0 bridgehead atoms. The van der Waals surface area contributed by atoms with E-state index in [4.69, 9.17) is 5.73 Å². The molecule has 1 fully saturated rings. The molecule has 1 atom stereocenters. The lowest BCUT2D eigenvalue weighted by atomic mass is 9.99. The van der Waals surface area contributed by atoms with E-state index in [2.05, 4.69) is 21.7 Å². The Morgan fingerprint density at radius 3 is 2.88 bits per heavy atom. The summed E-state index contributed by atoms with van der Waals surface area (Å²) in [6, 6.07) is 8.52. The van der Waals surface area contributed by atoms with Gasteiger partial charge in [-0.15, -0.1) is 0 Å². The van der Waals surface area contributed by atoms with E-state index in [1.165, 1.54) is 31.2 Å². The van der Waals surface area contributed by atoms with Gasteiger partial charge in [0.15, 0.2) is 0 Å². The average Bonchev–Trinajstić information content (AvgIpc) is 2.98. The van der Waals surface area contributed by atoms with Crippen LogP contribution in [0.2, 0.25) is 0 Å². The van der Waals surface area contributed by atoms with Gasteiger partial charge >= 0.3 is 0 Å². The molecule has 1 saturated carbocycles. The Morgan fingerprint density at radius 2 is 2.06 bits per heavy atom. The van der Waals surface area contributed by atoms with E-state index >= 15 is 0 Å². The Hall–Kier alpha value is -1.35. The maximum absolute atomic E-state index is 6.31. The summed E-state index contributed by atoms with van der Waals surface area (Å²) in [5.41, 5.74) is 8.57. The first kappa shape index (κ1) is 10.8. The molecule has 0 aliphatic heterocycles. The van der Waals surface area contributed by atoms with Crippen molar-refractivity contribution in [2.24, 2.45) is 11.7 Å². The molecule has 2 N–H and O–H groups in total. The molecule has 0 amide bonds. The molecule has 0 radical (unpaired) electrons. The summed E-state index contributed by atoms with van der Waals surface area (Å²) >= 11 is 0. The number of para-hydroxylation sites is 2. The zero-order chi connectivity index (χ0) is 11.7. The van der Waals surface area contributed by atoms with Gasteiger partial charge < -0.3 is 10.3 Å². The van der Waals surface area contributed by atoms with Crippen LogP contribution in [0, 0.1) is 5.92 Å². The molecule has 1 unspecified atom stereocenters. The highest BCUT2D eigenvalue weighted by atomic mass is 15.1. The van der Waals surface area contributed by atoms with Gasteiger partial charge in [0.05, 0.1) is 17.4 Å². The highest BCUT2D eigenvalue weighted by molar-refractivity contribution is 5.74. The van der Waals surface area contributed by atoms with Gasteiger partial charge in [0.1, 0.15) is 0 Å². The number of rotatable bonds is 3. The van der Waals surface area contributed by atoms with Gasteiger partial charge in [0.25, 0.3) is 0 Å². The zero-order valence-electron chi connectivity index (χ0n) is 10.0. The Morgan fingerprint density at radius 1 is 1.29 bits per heavy atom. The van der Waals surface area contributed by atoms with Crippen LogP contribution in [0.25, 0.3) is 11.0 Å². The van der Waals surface area contributed by atoms with E-state index in [0.29, 0.717) is 5.92 Å². The molecule has 1 aliphatic carbocycles. The fourth-order valence-electron chi connectivity index (χ4n) is 2.92. The molecule has 0 spiro atoms.